The molecule has 1 unspecified atom stereocenters. The van der Waals surface area contributed by atoms with E-state index in [0.717, 1.165) is 12.0 Å². The zero-order chi connectivity index (χ0) is 26.3. The Kier molecular flexibility index (Phi) is 12.9. The number of carboxylic acids is 1. The van der Waals surface area contributed by atoms with Gasteiger partial charge in [-0.1, -0.05) is 65.8 Å². The Labute approximate surface area is 214 Å². The summed E-state index contributed by atoms with van der Waals surface area (Å²) in [5.41, 5.74) is 3.88. The molecule has 196 valence electrons. The number of carboxylic acid groups (broad SMARTS) is 1. The average Bonchev–Trinajstić information content (AvgIpc) is 2.80. The van der Waals surface area contributed by atoms with Crippen molar-refractivity contribution in [1.82, 2.24) is 0 Å². The lowest BCUT2D eigenvalue weighted by Gasteiger charge is -2.23. The van der Waals surface area contributed by atoms with Crippen molar-refractivity contribution in [2.75, 3.05) is 0 Å². The van der Waals surface area contributed by atoms with E-state index < -0.39 is 30.3 Å². The molecule has 3 atom stereocenters. The van der Waals surface area contributed by atoms with Gasteiger partial charge in [0.05, 0.1) is 18.6 Å². The van der Waals surface area contributed by atoms with E-state index in [2.05, 4.69) is 18.2 Å². The van der Waals surface area contributed by atoms with Crippen LogP contribution in [0, 0.1) is 0 Å². The molecule has 1 aromatic carbocycles. The molecule has 1 aliphatic rings. The number of cyclic esters (lactones) is 1. The Morgan fingerprint density at radius 1 is 1.22 bits per heavy atom. The van der Waals surface area contributed by atoms with Gasteiger partial charge in [-0.3, -0.25) is 4.79 Å². The van der Waals surface area contributed by atoms with E-state index in [1.54, 1.807) is 0 Å². The van der Waals surface area contributed by atoms with E-state index in [4.69, 9.17) is 4.74 Å². The van der Waals surface area contributed by atoms with Crippen molar-refractivity contribution in [1.29, 1.82) is 0 Å². The first-order valence-corrected chi connectivity index (χ1v) is 12.7. The molecule has 0 spiro atoms. The molecule has 0 aliphatic carbocycles. The third-order valence-corrected chi connectivity index (χ3v) is 6.16. The van der Waals surface area contributed by atoms with Crippen LogP contribution >= 0.6 is 0 Å². The van der Waals surface area contributed by atoms with Crippen LogP contribution in [-0.4, -0.2) is 45.6 Å². The van der Waals surface area contributed by atoms with Crippen molar-refractivity contribution in [3.8, 4) is 0 Å². The van der Waals surface area contributed by atoms with Crippen LogP contribution in [0.15, 0.2) is 77.4 Å². The molecule has 1 aromatic rings. The molecule has 1 aliphatic heterocycles. The number of carbonyl (C=O) groups excluding carboxylic acids is 1. The van der Waals surface area contributed by atoms with Gasteiger partial charge in [-0.25, -0.2) is 4.79 Å². The van der Waals surface area contributed by atoms with Crippen molar-refractivity contribution < 1.29 is 29.6 Å². The fourth-order valence-electron chi connectivity index (χ4n) is 4.20. The third-order valence-electron chi connectivity index (χ3n) is 6.16. The van der Waals surface area contributed by atoms with Crippen molar-refractivity contribution in [2.24, 2.45) is 0 Å². The average molecular weight is 497 g/mol. The SMILES string of the molecule is C/C(=C\Cc1ccccc1)CC[C@@H](O)CC1C[C@H](O)C/C(C)=C/C/C=C/C/C(CC(=O)O)=C\C(=O)O1. The van der Waals surface area contributed by atoms with Gasteiger partial charge in [-0.2, -0.15) is 0 Å². The Bertz CT molecular complexity index is 957. The smallest absolute Gasteiger partial charge is 0.331 e. The summed E-state index contributed by atoms with van der Waals surface area (Å²) in [7, 11) is 0. The molecule has 0 radical (unpaired) electrons. The number of aliphatic carboxylic acids is 1. The number of carbonyl (C=O) groups is 2. The van der Waals surface area contributed by atoms with E-state index in [0.29, 0.717) is 37.7 Å². The lowest BCUT2D eigenvalue weighted by atomic mass is 9.97. The fraction of sp³-hybridized carbons (Fsp3) is 0.467. The maximum atomic E-state index is 12.6. The molecule has 0 bridgehead atoms. The normalized spacial score (nSPS) is 24.9. The lowest BCUT2D eigenvalue weighted by molar-refractivity contribution is -0.146. The molecule has 3 N–H and O–H groups in total. The Morgan fingerprint density at radius 3 is 2.69 bits per heavy atom. The minimum atomic E-state index is -1.02. The van der Waals surface area contributed by atoms with Crippen LogP contribution < -0.4 is 0 Å². The second kappa shape index (κ2) is 15.9. The number of allylic oxidation sites excluding steroid dienone is 5. The highest BCUT2D eigenvalue weighted by molar-refractivity contribution is 5.84. The molecular formula is C30H40O6. The summed E-state index contributed by atoms with van der Waals surface area (Å²) < 4.78 is 5.61. The molecule has 1 heterocycles. The van der Waals surface area contributed by atoms with E-state index in [1.807, 2.05) is 50.3 Å². The second-order valence-corrected chi connectivity index (χ2v) is 9.66. The summed E-state index contributed by atoms with van der Waals surface area (Å²) in [6.07, 6.45) is 10.8. The first-order chi connectivity index (χ1) is 17.2. The van der Waals surface area contributed by atoms with Gasteiger partial charge >= 0.3 is 11.9 Å². The molecule has 0 fully saturated rings. The summed E-state index contributed by atoms with van der Waals surface area (Å²) in [4.78, 5) is 23.8. The van der Waals surface area contributed by atoms with Crippen LogP contribution in [0.1, 0.15) is 70.8 Å². The molecule has 6 nitrogen and oxygen atoms in total. The van der Waals surface area contributed by atoms with Crippen molar-refractivity contribution >= 4 is 11.9 Å². The van der Waals surface area contributed by atoms with Gasteiger partial charge in [0.25, 0.3) is 0 Å². The maximum Gasteiger partial charge on any atom is 0.331 e. The van der Waals surface area contributed by atoms with Crippen LogP contribution in [-0.2, 0) is 20.7 Å². The Balaban J connectivity index is 2.03. The number of benzene rings is 1. The van der Waals surface area contributed by atoms with E-state index in [1.165, 1.54) is 17.2 Å². The summed E-state index contributed by atoms with van der Waals surface area (Å²) in [5, 5.41) is 30.5. The Morgan fingerprint density at radius 2 is 1.97 bits per heavy atom. The molecular weight excluding hydrogens is 456 g/mol. The number of esters is 1. The van der Waals surface area contributed by atoms with Gasteiger partial charge in [0.2, 0.25) is 0 Å². The van der Waals surface area contributed by atoms with Crippen LogP contribution in [0.2, 0.25) is 0 Å². The molecule has 0 saturated heterocycles. The molecule has 2 rings (SSSR count). The first kappa shape index (κ1) is 29.3. The van der Waals surface area contributed by atoms with Gasteiger partial charge in [0.1, 0.15) is 6.10 Å². The van der Waals surface area contributed by atoms with E-state index >= 15 is 0 Å². The summed E-state index contributed by atoms with van der Waals surface area (Å²) in [5.74, 6) is -1.66. The van der Waals surface area contributed by atoms with Gasteiger partial charge in [-0.15, -0.1) is 0 Å². The lowest BCUT2D eigenvalue weighted by Crippen LogP contribution is -2.28. The number of aliphatic hydroxyl groups excluding tert-OH is 2. The maximum absolute atomic E-state index is 12.6. The number of ether oxygens (including phenoxy) is 1. The van der Waals surface area contributed by atoms with Gasteiger partial charge < -0.3 is 20.1 Å². The van der Waals surface area contributed by atoms with E-state index in [-0.39, 0.29) is 19.3 Å². The predicted molar refractivity (Wildman–Crippen MR) is 141 cm³/mol. The number of rotatable bonds is 9. The monoisotopic (exact) mass is 496 g/mol. The number of hydrogen-bond acceptors (Lipinski definition) is 5. The first-order valence-electron chi connectivity index (χ1n) is 12.7. The predicted octanol–water partition coefficient (Wildman–Crippen LogP) is 5.46. The van der Waals surface area contributed by atoms with Crippen molar-refractivity contribution in [2.45, 2.75) is 89.9 Å². The number of hydrogen-bond donors (Lipinski definition) is 3. The summed E-state index contributed by atoms with van der Waals surface area (Å²) in [6.45, 7) is 3.98. The Hall–Kier alpha value is -2.96. The van der Waals surface area contributed by atoms with Crippen molar-refractivity contribution in [3.63, 3.8) is 0 Å². The summed E-state index contributed by atoms with van der Waals surface area (Å²) >= 11 is 0. The van der Waals surface area contributed by atoms with Gasteiger partial charge in [0.15, 0.2) is 0 Å². The molecule has 0 aromatic heterocycles. The standard InChI is InChI=1S/C30H40O6/c1-22(13-15-24-10-6-4-7-11-24)14-16-26(31)20-28-21-27(32)17-23(2)9-5-3-8-12-25(18-29(33)34)19-30(35)36-28/h3-4,6-11,13,19,26-28,31-32H,5,12,14-18,20-21H2,1-2H3,(H,33,34)/b8-3+,22-13+,23-9+,25-19+/t26-,27-,28?/m1/s1. The highest BCUT2D eigenvalue weighted by Crippen LogP contribution is 2.20. The fourth-order valence-corrected chi connectivity index (χ4v) is 4.20. The molecule has 36 heavy (non-hydrogen) atoms. The van der Waals surface area contributed by atoms with E-state index in [9.17, 15) is 24.9 Å². The third kappa shape index (κ3) is 12.7. The minimum absolute atomic E-state index is 0.203. The van der Waals surface area contributed by atoms with Gasteiger partial charge in [-0.05, 0) is 63.5 Å². The van der Waals surface area contributed by atoms with Crippen LogP contribution in [0.3, 0.4) is 0 Å². The quantitative estimate of drug-likeness (QED) is 0.310. The summed E-state index contributed by atoms with van der Waals surface area (Å²) in [6, 6.07) is 10.2. The molecule has 0 saturated carbocycles. The minimum Gasteiger partial charge on any atom is -0.481 e. The zero-order valence-corrected chi connectivity index (χ0v) is 21.4. The van der Waals surface area contributed by atoms with Crippen LogP contribution in [0.4, 0.5) is 0 Å². The number of aliphatic hydroxyl groups is 2. The highest BCUT2D eigenvalue weighted by Gasteiger charge is 2.22. The second-order valence-electron chi connectivity index (χ2n) is 9.66. The topological polar surface area (TPSA) is 104 Å². The molecule has 6 heteroatoms. The van der Waals surface area contributed by atoms with Crippen LogP contribution in [0.25, 0.3) is 0 Å². The van der Waals surface area contributed by atoms with Gasteiger partial charge in [0, 0.05) is 18.9 Å². The largest absolute Gasteiger partial charge is 0.481 e. The van der Waals surface area contributed by atoms with Crippen molar-refractivity contribution in [3.05, 3.63) is 83.0 Å². The van der Waals surface area contributed by atoms with Crippen LogP contribution in [0.5, 0.6) is 0 Å². The highest BCUT2D eigenvalue weighted by atomic mass is 16.5. The zero-order valence-electron chi connectivity index (χ0n) is 21.4. The molecule has 0 amide bonds.